The highest BCUT2D eigenvalue weighted by molar-refractivity contribution is 5.84. The van der Waals surface area contributed by atoms with Crippen LogP contribution in [0.3, 0.4) is 0 Å². The zero-order chi connectivity index (χ0) is 56.3. The van der Waals surface area contributed by atoms with E-state index in [2.05, 4.69) is 51.5 Å². The summed E-state index contributed by atoms with van der Waals surface area (Å²) in [4.78, 5) is 109. The first-order valence-corrected chi connectivity index (χ1v) is 25.5. The lowest BCUT2D eigenvalue weighted by atomic mass is 9.95. The number of primary amides is 1. The van der Waals surface area contributed by atoms with Crippen LogP contribution >= 0.6 is 0 Å². The molecule has 23 heteroatoms. The third-order valence-corrected chi connectivity index (χ3v) is 10.4. The number of unbranched alkanes of at least 4 members (excludes halogenated alkanes) is 1. The Morgan fingerprint density at radius 1 is 0.730 bits per heavy atom. The van der Waals surface area contributed by atoms with Gasteiger partial charge in [-0.2, -0.15) is 0 Å². The molecule has 1 aliphatic rings. The highest BCUT2D eigenvalue weighted by Gasteiger charge is 2.26. The van der Waals surface area contributed by atoms with Crippen molar-refractivity contribution >= 4 is 59.9 Å². The first-order chi connectivity index (χ1) is 35.1. The van der Waals surface area contributed by atoms with E-state index < -0.39 is 11.6 Å². The van der Waals surface area contributed by atoms with E-state index in [0.717, 1.165) is 24.9 Å². The van der Waals surface area contributed by atoms with Crippen LogP contribution in [0, 0.1) is 11.8 Å². The molecule has 23 nitrogen and oxygen atoms in total. The van der Waals surface area contributed by atoms with Crippen molar-refractivity contribution in [1.82, 2.24) is 41.3 Å². The second-order valence-electron chi connectivity index (χ2n) is 18.8. The van der Waals surface area contributed by atoms with Crippen molar-refractivity contribution in [3.8, 4) is 0 Å². The van der Waals surface area contributed by atoms with Crippen molar-refractivity contribution in [1.29, 1.82) is 0 Å². The molecule has 9 N–H and O–H groups in total. The fraction of sp³-hybridized carbons (Fsp3) is 0.706. The van der Waals surface area contributed by atoms with Gasteiger partial charge in [0, 0.05) is 82.8 Å². The maximum absolute atomic E-state index is 13.0. The Balaban J connectivity index is 0. The molecule has 74 heavy (non-hydrogen) atoms. The number of nitrogens with one attached hydrogen (secondary N) is 6. The first-order valence-electron chi connectivity index (χ1n) is 25.5. The van der Waals surface area contributed by atoms with Gasteiger partial charge in [-0.1, -0.05) is 60.1 Å². The number of amides is 6. The third kappa shape index (κ3) is 40.8. The number of hydrogen-bond acceptors (Lipinski definition) is 16. The van der Waals surface area contributed by atoms with Gasteiger partial charge < -0.3 is 57.0 Å². The van der Waals surface area contributed by atoms with Gasteiger partial charge in [-0.3, -0.25) is 57.9 Å². The summed E-state index contributed by atoms with van der Waals surface area (Å²) in [5.74, 6) is -2.20. The van der Waals surface area contributed by atoms with Crippen molar-refractivity contribution in [3.63, 3.8) is 0 Å². The summed E-state index contributed by atoms with van der Waals surface area (Å²) in [5.41, 5.74) is 5.13. The van der Waals surface area contributed by atoms with Gasteiger partial charge in [0.15, 0.2) is 0 Å². The number of hydrogen-bond donors (Lipinski definition) is 8. The van der Waals surface area contributed by atoms with Crippen LogP contribution < -0.4 is 37.6 Å². The number of carboxylic acids is 1. The average Bonchev–Trinajstić information content (AvgIpc) is 3.41. The van der Waals surface area contributed by atoms with Crippen LogP contribution in [-0.2, 0) is 64.0 Å². The fourth-order valence-corrected chi connectivity index (χ4v) is 6.30. The molecule has 1 atom stereocenters. The van der Waals surface area contributed by atoms with Gasteiger partial charge in [0.05, 0.1) is 57.5 Å². The van der Waals surface area contributed by atoms with E-state index >= 15 is 0 Å². The zero-order valence-electron chi connectivity index (χ0n) is 46.0. The Morgan fingerprint density at radius 2 is 1.26 bits per heavy atom. The van der Waals surface area contributed by atoms with Gasteiger partial charge in [-0.25, -0.2) is 0 Å². The molecule has 1 saturated heterocycles. The lowest BCUT2D eigenvalue weighted by Gasteiger charge is -2.28. The topological polar surface area (TPSA) is 309 Å². The molecule has 2 rings (SSSR count). The van der Waals surface area contributed by atoms with E-state index in [1.807, 2.05) is 51.5 Å². The van der Waals surface area contributed by atoms with Crippen molar-refractivity contribution in [3.05, 3.63) is 29.8 Å². The number of rotatable bonds is 31. The highest BCUT2D eigenvalue weighted by atomic mass is 16.5. The van der Waals surface area contributed by atoms with E-state index in [0.29, 0.717) is 57.9 Å². The van der Waals surface area contributed by atoms with E-state index in [-0.39, 0.29) is 132 Å². The number of aliphatic carboxylic acids is 1. The molecule has 1 heterocycles. The van der Waals surface area contributed by atoms with Crippen molar-refractivity contribution in [2.45, 2.75) is 113 Å². The van der Waals surface area contributed by atoms with Gasteiger partial charge in [-0.05, 0) is 64.9 Å². The van der Waals surface area contributed by atoms with Crippen LogP contribution in [0.4, 0.5) is 5.69 Å². The van der Waals surface area contributed by atoms with E-state index in [1.54, 1.807) is 43.0 Å². The minimum absolute atomic E-state index is 0.0758. The quantitative estimate of drug-likeness (QED) is 0.0294. The van der Waals surface area contributed by atoms with Crippen LogP contribution in [0.15, 0.2) is 24.3 Å². The number of nitrogens with two attached hydrogens (primary N) is 1. The predicted octanol–water partition coefficient (Wildman–Crippen LogP) is 1.13. The first kappa shape index (κ1) is 70.5. The Hall–Kier alpha value is -5.59. The molecule has 1 aliphatic heterocycles. The second kappa shape index (κ2) is 43.8. The number of anilines is 1. The summed E-state index contributed by atoms with van der Waals surface area (Å²) in [6, 6.07) is 6.84. The predicted molar refractivity (Wildman–Crippen MR) is 284 cm³/mol. The Bertz CT molecular complexity index is 1750. The average molecular weight is 1050 g/mol. The van der Waals surface area contributed by atoms with Gasteiger partial charge in [0.2, 0.25) is 36.4 Å². The number of carbonyl (C=O) groups excluding carboxylic acids is 8. The molecule has 6 amide bonds. The summed E-state index contributed by atoms with van der Waals surface area (Å²) >= 11 is 0. The molecule has 1 unspecified atom stereocenters. The molecule has 0 aromatic heterocycles. The van der Waals surface area contributed by atoms with Crippen LogP contribution in [0.5, 0.6) is 0 Å². The van der Waals surface area contributed by atoms with Crippen LogP contribution in [0.2, 0.25) is 0 Å². The fourth-order valence-electron chi connectivity index (χ4n) is 6.30. The third-order valence-electron chi connectivity index (χ3n) is 10.4. The van der Waals surface area contributed by atoms with Crippen LogP contribution in [0.25, 0.3) is 0 Å². The molecule has 0 saturated carbocycles. The Labute approximate surface area is 439 Å². The molecule has 1 fully saturated rings. The molecule has 0 spiro atoms. The molecule has 0 aliphatic carbocycles. The molecular weight excluding hydrogens is 961 g/mol. The number of ether oxygens (including phenoxy) is 3. The zero-order valence-corrected chi connectivity index (χ0v) is 46.0. The molecule has 424 valence electrons. The number of nitrogens with zero attached hydrogens (tertiary/aromatic N) is 3. The number of carboxylic acid groups (broad SMARTS) is 1. The van der Waals surface area contributed by atoms with Crippen molar-refractivity contribution in [2.24, 2.45) is 17.6 Å². The SMILES string of the molecule is CC(C)C(=O)OCc1ccc(NC=O)cc1.CCC.CNCCCCNC(=O)CNC(=O)CCOCCNC(=O)CN1CCN(CC(=O)O)CCN(CC(=O)NC(C)COC(C)(C)CC(=O)C(C)C)CC1.NC=O. The molecule has 0 bridgehead atoms. The molecular formula is C51H92N10O13. The second-order valence-corrected chi connectivity index (χ2v) is 18.8. The summed E-state index contributed by atoms with van der Waals surface area (Å²) in [6.45, 7) is 22.5. The number of Topliss-reactive ketones (excluding diaryl/α,β-unsaturated/α-hetero) is 1. The standard InChI is InChI=1S/C35H66N8O9.C12H15NO3.C3H8.CH3NO/c1-27(2)29(44)21-35(4,5)52-26-28(3)40-33(48)24-42-14-13-41(15-17-43(18-16-42)25-34(49)50)23-32(47)38-12-20-51-19-9-30(45)39-22-31(46)37-11-8-7-10-36-6;1-9(2)12(15)16-7-10-3-5-11(6-4-10)13-8-14;1-3-2;2-1-3/h27-28,36H,7-26H2,1-6H3,(H,37,46)(H,38,47)(H,39,45)(H,40,48)(H,49,50);3-6,8-9H,7H2,1-2H3,(H,13,14);3H2,1-2H3;1H,(H2,2,3). The summed E-state index contributed by atoms with van der Waals surface area (Å²) in [6.07, 6.45) is 4.30. The molecule has 1 aromatic carbocycles. The monoisotopic (exact) mass is 1050 g/mol. The number of benzene rings is 1. The van der Waals surface area contributed by atoms with Gasteiger partial charge >= 0.3 is 11.9 Å². The van der Waals surface area contributed by atoms with Gasteiger partial charge in [-0.15, -0.1) is 0 Å². The lowest BCUT2D eigenvalue weighted by Crippen LogP contribution is -2.47. The van der Waals surface area contributed by atoms with Gasteiger partial charge in [0.1, 0.15) is 12.4 Å². The largest absolute Gasteiger partial charge is 0.480 e. The summed E-state index contributed by atoms with van der Waals surface area (Å²) in [7, 11) is 1.87. The lowest BCUT2D eigenvalue weighted by molar-refractivity contribution is -0.148. The number of carbonyl (C=O) groups is 9. The van der Waals surface area contributed by atoms with Crippen molar-refractivity contribution in [2.75, 3.05) is 117 Å². The normalized spacial score (nSPS) is 13.5. The maximum Gasteiger partial charge on any atom is 0.317 e. The van der Waals surface area contributed by atoms with E-state index in [1.165, 1.54) is 6.42 Å². The van der Waals surface area contributed by atoms with Gasteiger partial charge in [0.25, 0.3) is 0 Å². The smallest absolute Gasteiger partial charge is 0.317 e. The van der Waals surface area contributed by atoms with E-state index in [9.17, 15) is 43.5 Å². The number of ketones is 1. The Morgan fingerprint density at radius 3 is 1.77 bits per heavy atom. The summed E-state index contributed by atoms with van der Waals surface area (Å²) in [5, 5.41) is 26.1. The number of esters is 1. The van der Waals surface area contributed by atoms with Crippen molar-refractivity contribution < 1.29 is 62.5 Å². The maximum atomic E-state index is 13.0. The van der Waals surface area contributed by atoms with E-state index in [4.69, 9.17) is 19.0 Å². The summed E-state index contributed by atoms with van der Waals surface area (Å²) < 4.78 is 16.5. The molecule has 0 radical (unpaired) electrons. The molecule has 1 aromatic rings. The van der Waals surface area contributed by atoms with Crippen LogP contribution in [-0.4, -0.2) is 198 Å². The minimum Gasteiger partial charge on any atom is -0.480 e. The highest BCUT2D eigenvalue weighted by Crippen LogP contribution is 2.18. The Kier molecular flexibility index (Phi) is 41.7. The van der Waals surface area contributed by atoms with Crippen LogP contribution in [0.1, 0.15) is 100.0 Å². The minimum atomic E-state index is -0.950.